The van der Waals surface area contributed by atoms with Gasteiger partial charge in [-0.1, -0.05) is 54.6 Å². The molecule has 4 aromatic rings. The van der Waals surface area contributed by atoms with Crippen LogP contribution in [0.3, 0.4) is 0 Å². The molecule has 146 valence electrons. The number of H-pyrrole nitrogens is 1. The van der Waals surface area contributed by atoms with E-state index >= 15 is 0 Å². The lowest BCUT2D eigenvalue weighted by molar-refractivity contribution is 0.302. The third kappa shape index (κ3) is 4.79. The van der Waals surface area contributed by atoms with E-state index in [9.17, 15) is 0 Å². The van der Waals surface area contributed by atoms with Gasteiger partial charge in [-0.15, -0.1) is 10.2 Å². The monoisotopic (exact) mass is 386 g/mol. The van der Waals surface area contributed by atoms with E-state index in [0.717, 1.165) is 41.0 Å². The van der Waals surface area contributed by atoms with Crippen LogP contribution < -0.4 is 9.47 Å². The first-order chi connectivity index (χ1) is 14.3. The van der Waals surface area contributed by atoms with Crippen molar-refractivity contribution in [2.75, 3.05) is 7.11 Å². The molecule has 1 N–H and O–H groups in total. The summed E-state index contributed by atoms with van der Waals surface area (Å²) in [6, 6.07) is 24.4. The van der Waals surface area contributed by atoms with Gasteiger partial charge in [0, 0.05) is 5.56 Å². The van der Waals surface area contributed by atoms with Gasteiger partial charge in [-0.3, -0.25) is 0 Å². The molecule has 6 heteroatoms. The molecule has 0 aliphatic carbocycles. The van der Waals surface area contributed by atoms with Crippen LogP contribution in [0.1, 0.15) is 16.7 Å². The predicted octanol–water partition coefficient (Wildman–Crippen LogP) is 4.24. The molecular formula is C23H22N4O2. The highest BCUT2D eigenvalue weighted by atomic mass is 16.5. The van der Waals surface area contributed by atoms with E-state index < -0.39 is 0 Å². The van der Waals surface area contributed by atoms with Crippen molar-refractivity contribution >= 4 is 0 Å². The maximum Gasteiger partial charge on any atom is 0.204 e. The maximum atomic E-state index is 6.14. The van der Waals surface area contributed by atoms with Gasteiger partial charge in [0.15, 0.2) is 0 Å². The summed E-state index contributed by atoms with van der Waals surface area (Å²) < 4.78 is 11.5. The fourth-order valence-electron chi connectivity index (χ4n) is 3.14. The number of benzene rings is 3. The Morgan fingerprint density at radius 1 is 0.862 bits per heavy atom. The lowest BCUT2D eigenvalue weighted by Gasteiger charge is -2.13. The van der Waals surface area contributed by atoms with Crippen LogP contribution in [0, 0.1) is 0 Å². The molecule has 0 spiro atoms. The molecule has 3 aromatic carbocycles. The van der Waals surface area contributed by atoms with Crippen molar-refractivity contribution in [3.05, 3.63) is 89.5 Å². The van der Waals surface area contributed by atoms with Gasteiger partial charge in [0.25, 0.3) is 0 Å². The van der Waals surface area contributed by atoms with Crippen molar-refractivity contribution in [1.29, 1.82) is 0 Å². The van der Waals surface area contributed by atoms with Crippen LogP contribution >= 0.6 is 0 Å². The Morgan fingerprint density at radius 3 is 2.41 bits per heavy atom. The second kappa shape index (κ2) is 9.01. The van der Waals surface area contributed by atoms with E-state index in [1.165, 1.54) is 5.56 Å². The van der Waals surface area contributed by atoms with Crippen LogP contribution in [-0.2, 0) is 19.4 Å². The highest BCUT2D eigenvalue weighted by Crippen LogP contribution is 2.27. The summed E-state index contributed by atoms with van der Waals surface area (Å²) in [6.07, 6.45) is 1.83. The number of aromatic nitrogens is 4. The second-order valence-electron chi connectivity index (χ2n) is 6.68. The van der Waals surface area contributed by atoms with Crippen molar-refractivity contribution in [1.82, 2.24) is 20.6 Å². The number of methoxy groups -OCH3 is 1. The first kappa shape index (κ1) is 18.7. The number of tetrazole rings is 1. The van der Waals surface area contributed by atoms with Gasteiger partial charge in [-0.05, 0) is 52.9 Å². The molecular weight excluding hydrogens is 364 g/mol. The average molecular weight is 386 g/mol. The van der Waals surface area contributed by atoms with Gasteiger partial charge in [-0.2, -0.15) is 5.21 Å². The smallest absolute Gasteiger partial charge is 0.204 e. The molecule has 6 nitrogen and oxygen atoms in total. The quantitative estimate of drug-likeness (QED) is 0.490. The fraction of sp³-hybridized carbons (Fsp3) is 0.174. The Labute approximate surface area is 169 Å². The third-order valence-corrected chi connectivity index (χ3v) is 4.75. The molecule has 0 radical (unpaired) electrons. The van der Waals surface area contributed by atoms with Gasteiger partial charge in [-0.25, -0.2) is 0 Å². The number of nitrogens with one attached hydrogen (secondary N) is 1. The second-order valence-corrected chi connectivity index (χ2v) is 6.68. The molecule has 29 heavy (non-hydrogen) atoms. The number of aromatic amines is 1. The molecule has 1 heterocycles. The highest BCUT2D eigenvalue weighted by molar-refractivity contribution is 5.54. The molecule has 4 rings (SSSR count). The van der Waals surface area contributed by atoms with E-state index in [-0.39, 0.29) is 0 Å². The van der Waals surface area contributed by atoms with Crippen molar-refractivity contribution < 1.29 is 9.47 Å². The molecule has 0 saturated carbocycles. The largest absolute Gasteiger partial charge is 0.497 e. The SMILES string of the molecule is COc1ccc(OCc2ccc(-c3nn[nH]n3)cc2)c(CCc2ccccc2)c1. The molecule has 0 fully saturated rings. The zero-order chi connectivity index (χ0) is 19.9. The van der Waals surface area contributed by atoms with Crippen LogP contribution in [0.15, 0.2) is 72.8 Å². The number of ether oxygens (including phenoxy) is 2. The lowest BCUT2D eigenvalue weighted by atomic mass is 10.0. The molecule has 0 bridgehead atoms. The summed E-state index contributed by atoms with van der Waals surface area (Å²) in [7, 11) is 1.68. The van der Waals surface area contributed by atoms with E-state index in [2.05, 4.69) is 51.0 Å². The molecule has 0 amide bonds. The molecule has 1 aromatic heterocycles. The molecule has 0 atom stereocenters. The molecule has 0 aliphatic rings. The topological polar surface area (TPSA) is 72.9 Å². The van der Waals surface area contributed by atoms with Gasteiger partial charge < -0.3 is 9.47 Å². The molecule has 0 unspecified atom stereocenters. The Kier molecular flexibility index (Phi) is 5.81. The van der Waals surface area contributed by atoms with Crippen molar-refractivity contribution in [3.8, 4) is 22.9 Å². The summed E-state index contributed by atoms with van der Waals surface area (Å²) >= 11 is 0. The number of hydrogen-bond acceptors (Lipinski definition) is 5. The van der Waals surface area contributed by atoms with E-state index in [0.29, 0.717) is 12.4 Å². The Balaban J connectivity index is 1.44. The summed E-state index contributed by atoms with van der Waals surface area (Å²) in [5, 5.41) is 14.0. The minimum atomic E-state index is 0.483. The van der Waals surface area contributed by atoms with Crippen LogP contribution in [-0.4, -0.2) is 27.7 Å². The molecule has 0 saturated heterocycles. The maximum absolute atomic E-state index is 6.14. The summed E-state index contributed by atoms with van der Waals surface area (Å²) in [5.74, 6) is 2.30. The first-order valence-corrected chi connectivity index (χ1v) is 9.48. The number of rotatable bonds is 8. The van der Waals surface area contributed by atoms with Gasteiger partial charge in [0.2, 0.25) is 5.82 Å². The predicted molar refractivity (Wildman–Crippen MR) is 111 cm³/mol. The highest BCUT2D eigenvalue weighted by Gasteiger charge is 2.08. The summed E-state index contributed by atoms with van der Waals surface area (Å²) in [6.45, 7) is 0.483. The van der Waals surface area contributed by atoms with Crippen LogP contribution in [0.4, 0.5) is 0 Å². The minimum Gasteiger partial charge on any atom is -0.497 e. The van der Waals surface area contributed by atoms with E-state index in [4.69, 9.17) is 9.47 Å². The van der Waals surface area contributed by atoms with Crippen LogP contribution in [0.5, 0.6) is 11.5 Å². The van der Waals surface area contributed by atoms with Crippen molar-refractivity contribution in [2.45, 2.75) is 19.4 Å². The van der Waals surface area contributed by atoms with Crippen LogP contribution in [0.2, 0.25) is 0 Å². The number of aryl methyl sites for hydroxylation is 2. The fourth-order valence-corrected chi connectivity index (χ4v) is 3.14. The zero-order valence-electron chi connectivity index (χ0n) is 16.2. The van der Waals surface area contributed by atoms with E-state index in [1.54, 1.807) is 7.11 Å². The Hall–Kier alpha value is -3.67. The zero-order valence-corrected chi connectivity index (χ0v) is 16.2. The first-order valence-electron chi connectivity index (χ1n) is 9.48. The number of hydrogen-bond donors (Lipinski definition) is 1. The van der Waals surface area contributed by atoms with Gasteiger partial charge in [0.05, 0.1) is 7.11 Å². The normalized spacial score (nSPS) is 10.7. The van der Waals surface area contributed by atoms with Crippen molar-refractivity contribution in [3.63, 3.8) is 0 Å². The Bertz CT molecular complexity index is 1030. The van der Waals surface area contributed by atoms with Crippen LogP contribution in [0.25, 0.3) is 11.4 Å². The van der Waals surface area contributed by atoms with E-state index in [1.807, 2.05) is 42.5 Å². The van der Waals surface area contributed by atoms with Crippen molar-refractivity contribution in [2.24, 2.45) is 0 Å². The van der Waals surface area contributed by atoms with Gasteiger partial charge in [0.1, 0.15) is 18.1 Å². The number of nitrogens with zero attached hydrogens (tertiary/aromatic N) is 3. The van der Waals surface area contributed by atoms with Gasteiger partial charge >= 0.3 is 0 Å². The molecule has 0 aliphatic heterocycles. The summed E-state index contributed by atoms with van der Waals surface area (Å²) in [5.41, 5.74) is 4.42. The lowest BCUT2D eigenvalue weighted by Crippen LogP contribution is -2.01. The summed E-state index contributed by atoms with van der Waals surface area (Å²) in [4.78, 5) is 0. The standard InChI is InChI=1S/C23H22N4O2/c1-28-21-13-14-22(20(15-21)12-7-17-5-3-2-4-6-17)29-16-18-8-10-19(11-9-18)23-24-26-27-25-23/h2-6,8-11,13-15H,7,12,16H2,1H3,(H,24,25,26,27). The average Bonchev–Trinajstić information content (AvgIpc) is 3.32. The Morgan fingerprint density at radius 2 is 1.69 bits per heavy atom. The third-order valence-electron chi connectivity index (χ3n) is 4.75. The minimum absolute atomic E-state index is 0.483.